The summed E-state index contributed by atoms with van der Waals surface area (Å²) in [6, 6.07) is 2.10. The third kappa shape index (κ3) is 1.81. The van der Waals surface area contributed by atoms with Gasteiger partial charge in [-0.2, -0.15) is 0 Å². The Morgan fingerprint density at radius 3 is 2.44 bits per heavy atom. The molecule has 0 saturated heterocycles. The zero-order chi connectivity index (χ0) is 11.8. The van der Waals surface area contributed by atoms with Crippen LogP contribution >= 0.6 is 11.3 Å². The maximum Gasteiger partial charge on any atom is 0.107 e. The minimum atomic E-state index is -0.329. The molecule has 0 aromatic carbocycles. The summed E-state index contributed by atoms with van der Waals surface area (Å²) in [7, 11) is 4.19. The number of aliphatic hydroxyl groups is 1. The summed E-state index contributed by atoms with van der Waals surface area (Å²) >= 11 is 1.68. The van der Waals surface area contributed by atoms with Gasteiger partial charge in [0.15, 0.2) is 0 Å². The van der Waals surface area contributed by atoms with Gasteiger partial charge in [-0.25, -0.2) is 0 Å². The summed E-state index contributed by atoms with van der Waals surface area (Å²) in [6.45, 7) is 2.09. The SMILES string of the molecule is Cc1ccsc1C(O)C1(N(C)C)CCCC1. The largest absolute Gasteiger partial charge is 0.386 e. The summed E-state index contributed by atoms with van der Waals surface area (Å²) in [5.74, 6) is 0. The maximum absolute atomic E-state index is 10.7. The molecule has 2 nitrogen and oxygen atoms in total. The van der Waals surface area contributed by atoms with Gasteiger partial charge in [-0.1, -0.05) is 12.8 Å². The standard InChI is InChI=1S/C13H21NOS/c1-10-6-9-16-11(10)12(15)13(14(2)3)7-4-5-8-13/h6,9,12,15H,4-5,7-8H2,1-3H3. The highest BCUT2D eigenvalue weighted by atomic mass is 32.1. The first-order chi connectivity index (χ1) is 7.58. The second kappa shape index (κ2) is 4.47. The third-order valence-corrected chi connectivity index (χ3v) is 5.09. The van der Waals surface area contributed by atoms with Crippen LogP contribution in [-0.2, 0) is 0 Å². The van der Waals surface area contributed by atoms with Crippen LogP contribution in [0.2, 0.25) is 0 Å². The summed E-state index contributed by atoms with van der Waals surface area (Å²) in [4.78, 5) is 3.37. The lowest BCUT2D eigenvalue weighted by Gasteiger charge is -2.40. The molecular formula is C13H21NOS. The highest BCUT2D eigenvalue weighted by molar-refractivity contribution is 7.10. The van der Waals surface area contributed by atoms with Crippen molar-refractivity contribution in [1.29, 1.82) is 0 Å². The van der Waals surface area contributed by atoms with E-state index in [0.717, 1.165) is 17.7 Å². The van der Waals surface area contributed by atoms with Crippen molar-refractivity contribution in [1.82, 2.24) is 4.90 Å². The molecule has 0 radical (unpaired) electrons. The van der Waals surface area contributed by atoms with Gasteiger partial charge in [-0.05, 0) is 50.9 Å². The van der Waals surface area contributed by atoms with E-state index < -0.39 is 0 Å². The highest BCUT2D eigenvalue weighted by Crippen LogP contribution is 2.45. The molecule has 0 aliphatic heterocycles. The van der Waals surface area contributed by atoms with Crippen LogP contribution in [-0.4, -0.2) is 29.6 Å². The van der Waals surface area contributed by atoms with Gasteiger partial charge in [0.2, 0.25) is 0 Å². The second-order valence-corrected chi connectivity index (χ2v) is 6.02. The number of aliphatic hydroxyl groups excluding tert-OH is 1. The molecule has 0 amide bonds. The fourth-order valence-electron chi connectivity index (χ4n) is 2.86. The smallest absolute Gasteiger partial charge is 0.107 e. The molecule has 1 atom stereocenters. The summed E-state index contributed by atoms with van der Waals surface area (Å²) in [5.41, 5.74) is 1.20. The first-order valence-corrected chi connectivity index (χ1v) is 6.85. The quantitative estimate of drug-likeness (QED) is 0.876. The van der Waals surface area contributed by atoms with Gasteiger partial charge in [-0.15, -0.1) is 11.3 Å². The van der Waals surface area contributed by atoms with Crippen LogP contribution in [0.5, 0.6) is 0 Å². The van der Waals surface area contributed by atoms with E-state index in [1.54, 1.807) is 11.3 Å². The Labute approximate surface area is 102 Å². The molecule has 3 heteroatoms. The lowest BCUT2D eigenvalue weighted by molar-refractivity contribution is -0.00289. The zero-order valence-electron chi connectivity index (χ0n) is 10.4. The zero-order valence-corrected chi connectivity index (χ0v) is 11.2. The van der Waals surface area contributed by atoms with Crippen molar-refractivity contribution in [3.63, 3.8) is 0 Å². The molecule has 2 rings (SSSR count). The Morgan fingerprint density at radius 2 is 2.00 bits per heavy atom. The Balaban J connectivity index is 2.31. The van der Waals surface area contributed by atoms with Crippen molar-refractivity contribution >= 4 is 11.3 Å². The van der Waals surface area contributed by atoms with E-state index in [2.05, 4.69) is 37.4 Å². The van der Waals surface area contributed by atoms with E-state index in [-0.39, 0.29) is 11.6 Å². The average Bonchev–Trinajstić information content (AvgIpc) is 2.85. The van der Waals surface area contributed by atoms with Crippen LogP contribution in [0.15, 0.2) is 11.4 Å². The molecule has 1 heterocycles. The lowest BCUT2D eigenvalue weighted by Crippen LogP contribution is -2.46. The fourth-order valence-corrected chi connectivity index (χ4v) is 3.88. The molecule has 16 heavy (non-hydrogen) atoms. The predicted octanol–water partition coefficient (Wildman–Crippen LogP) is 2.96. The summed E-state index contributed by atoms with van der Waals surface area (Å²) in [6.07, 6.45) is 4.36. The first kappa shape index (κ1) is 12.1. The molecule has 90 valence electrons. The van der Waals surface area contributed by atoms with E-state index in [1.165, 1.54) is 18.4 Å². The predicted molar refractivity (Wildman–Crippen MR) is 68.9 cm³/mol. The van der Waals surface area contributed by atoms with Gasteiger partial charge in [-0.3, -0.25) is 0 Å². The van der Waals surface area contributed by atoms with Gasteiger partial charge >= 0.3 is 0 Å². The van der Waals surface area contributed by atoms with E-state index in [4.69, 9.17) is 0 Å². The third-order valence-electron chi connectivity index (χ3n) is 4.02. The number of likely N-dealkylation sites (N-methyl/N-ethyl adjacent to an activating group) is 1. The average molecular weight is 239 g/mol. The van der Waals surface area contributed by atoms with E-state index in [0.29, 0.717) is 0 Å². The Bertz CT molecular complexity index is 353. The van der Waals surface area contributed by atoms with Crippen LogP contribution in [0, 0.1) is 6.92 Å². The van der Waals surface area contributed by atoms with E-state index in [1.807, 2.05) is 0 Å². The minimum absolute atomic E-state index is 0.0321. The lowest BCUT2D eigenvalue weighted by atomic mass is 9.87. The van der Waals surface area contributed by atoms with Crippen LogP contribution in [0.1, 0.15) is 42.2 Å². The van der Waals surface area contributed by atoms with Crippen molar-refractivity contribution < 1.29 is 5.11 Å². The van der Waals surface area contributed by atoms with Crippen LogP contribution < -0.4 is 0 Å². The molecule has 1 aliphatic carbocycles. The Hall–Kier alpha value is -0.380. The van der Waals surface area contributed by atoms with Crippen molar-refractivity contribution in [2.45, 2.75) is 44.2 Å². The normalized spacial score (nSPS) is 21.6. The summed E-state index contributed by atoms with van der Waals surface area (Å²) in [5, 5.41) is 12.8. The van der Waals surface area contributed by atoms with Crippen molar-refractivity contribution in [2.75, 3.05) is 14.1 Å². The molecular weight excluding hydrogens is 218 g/mol. The van der Waals surface area contributed by atoms with Gasteiger partial charge in [0.1, 0.15) is 6.10 Å². The summed E-state index contributed by atoms with van der Waals surface area (Å²) < 4.78 is 0. The molecule has 0 spiro atoms. The molecule has 0 bridgehead atoms. The highest BCUT2D eigenvalue weighted by Gasteiger charge is 2.43. The van der Waals surface area contributed by atoms with Gasteiger partial charge in [0, 0.05) is 4.88 Å². The van der Waals surface area contributed by atoms with Crippen LogP contribution in [0.25, 0.3) is 0 Å². The second-order valence-electron chi connectivity index (χ2n) is 5.08. The molecule has 1 aromatic heterocycles. The topological polar surface area (TPSA) is 23.5 Å². The number of thiophene rings is 1. The van der Waals surface area contributed by atoms with E-state index >= 15 is 0 Å². The van der Waals surface area contributed by atoms with Crippen LogP contribution in [0.3, 0.4) is 0 Å². The van der Waals surface area contributed by atoms with Crippen molar-refractivity contribution in [2.24, 2.45) is 0 Å². The van der Waals surface area contributed by atoms with Gasteiger partial charge < -0.3 is 10.0 Å². The number of hydrogen-bond donors (Lipinski definition) is 1. The Kier molecular flexibility index (Phi) is 3.38. The molecule has 1 aromatic rings. The molecule has 1 saturated carbocycles. The molecule has 1 aliphatic rings. The number of aryl methyl sites for hydroxylation is 1. The Morgan fingerprint density at radius 1 is 1.38 bits per heavy atom. The maximum atomic E-state index is 10.7. The monoisotopic (exact) mass is 239 g/mol. The van der Waals surface area contributed by atoms with Gasteiger partial charge in [0.25, 0.3) is 0 Å². The minimum Gasteiger partial charge on any atom is -0.386 e. The molecule has 1 fully saturated rings. The van der Waals surface area contributed by atoms with Crippen LogP contribution in [0.4, 0.5) is 0 Å². The van der Waals surface area contributed by atoms with E-state index in [9.17, 15) is 5.11 Å². The van der Waals surface area contributed by atoms with Crippen molar-refractivity contribution in [3.8, 4) is 0 Å². The fraction of sp³-hybridized carbons (Fsp3) is 0.692. The number of hydrogen-bond acceptors (Lipinski definition) is 3. The van der Waals surface area contributed by atoms with Gasteiger partial charge in [0.05, 0.1) is 5.54 Å². The van der Waals surface area contributed by atoms with Crippen molar-refractivity contribution in [3.05, 3.63) is 21.9 Å². The molecule has 1 N–H and O–H groups in total. The first-order valence-electron chi connectivity index (χ1n) is 5.97. The number of nitrogens with zero attached hydrogens (tertiary/aromatic N) is 1. The molecule has 1 unspecified atom stereocenters. The number of rotatable bonds is 3.